The van der Waals surface area contributed by atoms with Gasteiger partial charge in [-0.1, -0.05) is 12.1 Å². The quantitative estimate of drug-likeness (QED) is 0.771. The largest absolute Gasteiger partial charge is 0.371 e. The van der Waals surface area contributed by atoms with Gasteiger partial charge in [0, 0.05) is 13.1 Å². The van der Waals surface area contributed by atoms with Crippen molar-refractivity contribution < 1.29 is 4.74 Å². The van der Waals surface area contributed by atoms with E-state index in [4.69, 9.17) is 10.00 Å². The molecule has 2 rings (SSSR count). The fourth-order valence-electron chi connectivity index (χ4n) is 1.27. The second kappa shape index (κ2) is 4.23. The predicted molar refractivity (Wildman–Crippen MR) is 52.6 cm³/mol. The van der Waals surface area contributed by atoms with E-state index < -0.39 is 0 Å². The Balaban J connectivity index is 1.86. The Kier molecular flexibility index (Phi) is 2.78. The molecule has 72 valence electrons. The number of hydrogen-bond acceptors (Lipinski definition) is 3. The van der Waals surface area contributed by atoms with E-state index in [1.165, 1.54) is 0 Å². The first kappa shape index (κ1) is 9.20. The topological polar surface area (TPSA) is 45.0 Å². The zero-order valence-corrected chi connectivity index (χ0v) is 7.86. The number of benzene rings is 1. The lowest BCUT2D eigenvalue weighted by Crippen LogP contribution is -2.48. The number of rotatable bonds is 3. The molecule has 1 aliphatic rings. The van der Waals surface area contributed by atoms with Crippen LogP contribution in [0.1, 0.15) is 11.1 Å². The summed E-state index contributed by atoms with van der Waals surface area (Å²) in [6.07, 6.45) is 0.366. The minimum atomic E-state index is 0.366. The van der Waals surface area contributed by atoms with Crippen LogP contribution in [0.2, 0.25) is 0 Å². The third kappa shape index (κ3) is 2.11. The molecule has 1 aromatic carbocycles. The van der Waals surface area contributed by atoms with Crippen LogP contribution in [0.15, 0.2) is 24.3 Å². The molecule has 0 saturated carbocycles. The monoisotopic (exact) mass is 188 g/mol. The van der Waals surface area contributed by atoms with Crippen LogP contribution in [0.5, 0.6) is 0 Å². The van der Waals surface area contributed by atoms with Gasteiger partial charge in [-0.3, -0.25) is 0 Å². The first-order chi connectivity index (χ1) is 6.88. The van der Waals surface area contributed by atoms with Crippen LogP contribution in [-0.2, 0) is 11.3 Å². The van der Waals surface area contributed by atoms with Gasteiger partial charge in [0.15, 0.2) is 0 Å². The van der Waals surface area contributed by atoms with E-state index in [1.807, 2.05) is 24.3 Å². The van der Waals surface area contributed by atoms with Crippen molar-refractivity contribution in [2.24, 2.45) is 0 Å². The fourth-order valence-corrected chi connectivity index (χ4v) is 1.27. The Labute approximate surface area is 83.3 Å². The molecule has 0 atom stereocenters. The Hall–Kier alpha value is -1.37. The molecular weight excluding hydrogens is 176 g/mol. The minimum Gasteiger partial charge on any atom is -0.371 e. The Morgan fingerprint density at radius 2 is 2.07 bits per heavy atom. The molecule has 3 heteroatoms. The molecule has 0 spiro atoms. The van der Waals surface area contributed by atoms with Crippen molar-refractivity contribution in [3.63, 3.8) is 0 Å². The highest BCUT2D eigenvalue weighted by Gasteiger charge is 2.16. The molecule has 0 amide bonds. The fraction of sp³-hybridized carbons (Fsp3) is 0.364. The van der Waals surface area contributed by atoms with Gasteiger partial charge in [0.1, 0.15) is 0 Å². The summed E-state index contributed by atoms with van der Waals surface area (Å²) >= 11 is 0. The number of nitrogens with zero attached hydrogens (tertiary/aromatic N) is 1. The molecule has 1 fully saturated rings. The average molecular weight is 188 g/mol. The lowest BCUT2D eigenvalue weighted by Gasteiger charge is -2.27. The molecular formula is C11H12N2O. The SMILES string of the molecule is N#Cc1ccc(COC2CNC2)cc1. The lowest BCUT2D eigenvalue weighted by atomic mass is 10.1. The smallest absolute Gasteiger partial charge is 0.0991 e. The summed E-state index contributed by atoms with van der Waals surface area (Å²) in [6.45, 7) is 2.55. The van der Waals surface area contributed by atoms with Crippen molar-refractivity contribution >= 4 is 0 Å². The summed E-state index contributed by atoms with van der Waals surface area (Å²) in [5.41, 5.74) is 1.81. The molecule has 0 bridgehead atoms. The van der Waals surface area contributed by atoms with E-state index in [-0.39, 0.29) is 0 Å². The molecule has 1 aromatic rings. The summed E-state index contributed by atoms with van der Waals surface area (Å²) in [7, 11) is 0. The second-order valence-corrected chi connectivity index (χ2v) is 3.40. The van der Waals surface area contributed by atoms with Gasteiger partial charge in [0.25, 0.3) is 0 Å². The first-order valence-corrected chi connectivity index (χ1v) is 4.70. The Bertz CT molecular complexity index is 335. The maximum absolute atomic E-state index is 8.60. The average Bonchev–Trinajstić information content (AvgIpc) is 2.16. The maximum Gasteiger partial charge on any atom is 0.0991 e. The van der Waals surface area contributed by atoms with Crippen LogP contribution >= 0.6 is 0 Å². The highest BCUT2D eigenvalue weighted by Crippen LogP contribution is 2.07. The van der Waals surface area contributed by atoms with Crippen LogP contribution in [-0.4, -0.2) is 19.2 Å². The van der Waals surface area contributed by atoms with Crippen molar-refractivity contribution in [2.75, 3.05) is 13.1 Å². The van der Waals surface area contributed by atoms with Gasteiger partial charge in [0.2, 0.25) is 0 Å². The van der Waals surface area contributed by atoms with E-state index >= 15 is 0 Å². The molecule has 1 N–H and O–H groups in total. The standard InChI is InChI=1S/C11H12N2O/c12-5-9-1-3-10(4-2-9)8-14-11-6-13-7-11/h1-4,11,13H,6-8H2. The summed E-state index contributed by atoms with van der Waals surface area (Å²) in [4.78, 5) is 0. The van der Waals surface area contributed by atoms with Crippen LogP contribution in [0.4, 0.5) is 0 Å². The van der Waals surface area contributed by atoms with Gasteiger partial charge in [0.05, 0.1) is 24.3 Å². The minimum absolute atomic E-state index is 0.366. The molecule has 14 heavy (non-hydrogen) atoms. The molecule has 3 nitrogen and oxygen atoms in total. The van der Waals surface area contributed by atoms with Crippen molar-refractivity contribution in [1.29, 1.82) is 5.26 Å². The van der Waals surface area contributed by atoms with Crippen LogP contribution in [0.25, 0.3) is 0 Å². The van der Waals surface area contributed by atoms with E-state index in [1.54, 1.807) is 0 Å². The number of hydrogen-bond donors (Lipinski definition) is 1. The van der Waals surface area contributed by atoms with Gasteiger partial charge in [-0.15, -0.1) is 0 Å². The normalized spacial score (nSPS) is 15.9. The molecule has 1 heterocycles. The van der Waals surface area contributed by atoms with E-state index in [0.29, 0.717) is 18.3 Å². The van der Waals surface area contributed by atoms with Gasteiger partial charge >= 0.3 is 0 Å². The number of nitrogens with one attached hydrogen (secondary N) is 1. The third-order valence-corrected chi connectivity index (χ3v) is 2.31. The van der Waals surface area contributed by atoms with Crippen molar-refractivity contribution in [3.05, 3.63) is 35.4 Å². The molecule has 0 radical (unpaired) electrons. The van der Waals surface area contributed by atoms with Crippen LogP contribution < -0.4 is 5.32 Å². The summed E-state index contributed by atoms with van der Waals surface area (Å²) in [5.74, 6) is 0. The summed E-state index contributed by atoms with van der Waals surface area (Å²) in [6, 6.07) is 9.60. The summed E-state index contributed by atoms with van der Waals surface area (Å²) < 4.78 is 5.59. The second-order valence-electron chi connectivity index (χ2n) is 3.40. The van der Waals surface area contributed by atoms with Crippen LogP contribution in [0, 0.1) is 11.3 Å². The molecule has 1 aliphatic heterocycles. The van der Waals surface area contributed by atoms with E-state index in [9.17, 15) is 0 Å². The number of ether oxygens (including phenoxy) is 1. The van der Waals surface area contributed by atoms with E-state index in [2.05, 4.69) is 11.4 Å². The Morgan fingerprint density at radius 3 is 2.57 bits per heavy atom. The Morgan fingerprint density at radius 1 is 1.36 bits per heavy atom. The first-order valence-electron chi connectivity index (χ1n) is 4.70. The highest BCUT2D eigenvalue weighted by molar-refractivity contribution is 5.31. The zero-order valence-electron chi connectivity index (χ0n) is 7.86. The molecule has 1 saturated heterocycles. The third-order valence-electron chi connectivity index (χ3n) is 2.31. The lowest BCUT2D eigenvalue weighted by molar-refractivity contribution is 0.00758. The maximum atomic E-state index is 8.60. The van der Waals surface area contributed by atoms with E-state index in [0.717, 1.165) is 18.7 Å². The molecule has 0 aliphatic carbocycles. The highest BCUT2D eigenvalue weighted by atomic mass is 16.5. The van der Waals surface area contributed by atoms with Gasteiger partial charge in [-0.05, 0) is 17.7 Å². The predicted octanol–water partition coefficient (Wildman–Crippen LogP) is 1.05. The number of nitriles is 1. The summed E-state index contributed by atoms with van der Waals surface area (Å²) in [5, 5.41) is 11.8. The molecule has 0 aromatic heterocycles. The van der Waals surface area contributed by atoms with Crippen molar-refractivity contribution in [3.8, 4) is 6.07 Å². The van der Waals surface area contributed by atoms with Gasteiger partial charge < -0.3 is 10.1 Å². The van der Waals surface area contributed by atoms with Gasteiger partial charge in [-0.2, -0.15) is 5.26 Å². The van der Waals surface area contributed by atoms with Gasteiger partial charge in [-0.25, -0.2) is 0 Å². The zero-order chi connectivity index (χ0) is 9.80. The van der Waals surface area contributed by atoms with Crippen molar-refractivity contribution in [2.45, 2.75) is 12.7 Å². The van der Waals surface area contributed by atoms with Crippen molar-refractivity contribution in [1.82, 2.24) is 5.32 Å². The van der Waals surface area contributed by atoms with Crippen LogP contribution in [0.3, 0.4) is 0 Å². The molecule has 0 unspecified atom stereocenters.